The van der Waals surface area contributed by atoms with Crippen molar-refractivity contribution in [1.29, 1.82) is 0 Å². The lowest BCUT2D eigenvalue weighted by molar-refractivity contribution is 0.0932. The summed E-state index contributed by atoms with van der Waals surface area (Å²) in [5, 5.41) is 8.04. The minimum Gasteiger partial charge on any atom is -0.338 e. The number of aryl methyl sites for hydroxylation is 1. The van der Waals surface area contributed by atoms with Gasteiger partial charge in [-0.25, -0.2) is 4.39 Å². The molecule has 0 bridgehead atoms. The van der Waals surface area contributed by atoms with Gasteiger partial charge in [0.1, 0.15) is 5.82 Å². The lowest BCUT2D eigenvalue weighted by Gasteiger charge is -2.21. The number of halogens is 1. The van der Waals surface area contributed by atoms with E-state index in [0.717, 1.165) is 19.4 Å². The van der Waals surface area contributed by atoms with Crippen LogP contribution in [0.5, 0.6) is 0 Å². The Bertz CT molecular complexity index is 934. The van der Waals surface area contributed by atoms with Crippen molar-refractivity contribution < 1.29 is 13.7 Å². The topological polar surface area (TPSA) is 77.0 Å². The van der Waals surface area contributed by atoms with E-state index in [0.29, 0.717) is 35.8 Å². The zero-order valence-electron chi connectivity index (χ0n) is 15.0. The summed E-state index contributed by atoms with van der Waals surface area (Å²) in [6.07, 6.45) is 5.79. The molecule has 0 amide bonds. The summed E-state index contributed by atoms with van der Waals surface area (Å²) in [4.78, 5) is 19.1. The minimum absolute atomic E-state index is 0.0949. The molecular formula is C19H20FN5O2. The molecule has 1 atom stereocenters. The molecule has 1 saturated heterocycles. The van der Waals surface area contributed by atoms with Crippen LogP contribution in [0.15, 0.2) is 41.2 Å². The third kappa shape index (κ3) is 3.95. The first-order valence-electron chi connectivity index (χ1n) is 8.93. The van der Waals surface area contributed by atoms with E-state index >= 15 is 0 Å². The summed E-state index contributed by atoms with van der Waals surface area (Å²) in [5.41, 5.74) is 1.34. The number of carbonyl (C=O) groups excluding carboxylic acids is 1. The molecule has 1 fully saturated rings. The Kier molecular flexibility index (Phi) is 4.81. The Morgan fingerprint density at radius 3 is 2.89 bits per heavy atom. The molecule has 140 valence electrons. The van der Waals surface area contributed by atoms with Crippen molar-refractivity contribution in [3.63, 3.8) is 0 Å². The van der Waals surface area contributed by atoms with Gasteiger partial charge in [-0.1, -0.05) is 5.16 Å². The SMILES string of the molecule is Cn1cc(C(=O)C[C@@H]2CCCN2Cc2nc(-c3ccc(F)cc3)no2)cn1. The second-order valence-electron chi connectivity index (χ2n) is 6.82. The van der Waals surface area contributed by atoms with E-state index in [9.17, 15) is 9.18 Å². The molecule has 0 aliphatic carbocycles. The third-order valence-electron chi connectivity index (χ3n) is 4.86. The Morgan fingerprint density at radius 2 is 2.15 bits per heavy atom. The molecule has 0 radical (unpaired) electrons. The van der Waals surface area contributed by atoms with Crippen LogP contribution < -0.4 is 0 Å². The molecule has 4 rings (SSSR count). The first kappa shape index (κ1) is 17.5. The van der Waals surface area contributed by atoms with Crippen LogP contribution in [0.1, 0.15) is 35.5 Å². The Labute approximate surface area is 155 Å². The second-order valence-corrected chi connectivity index (χ2v) is 6.82. The van der Waals surface area contributed by atoms with Crippen LogP contribution in [0.4, 0.5) is 4.39 Å². The number of hydrogen-bond acceptors (Lipinski definition) is 6. The van der Waals surface area contributed by atoms with E-state index in [2.05, 4.69) is 20.1 Å². The van der Waals surface area contributed by atoms with Crippen LogP contribution >= 0.6 is 0 Å². The van der Waals surface area contributed by atoms with Gasteiger partial charge in [0.15, 0.2) is 5.78 Å². The van der Waals surface area contributed by atoms with Crippen LogP contribution in [-0.4, -0.2) is 43.2 Å². The smallest absolute Gasteiger partial charge is 0.241 e. The number of nitrogens with zero attached hydrogens (tertiary/aromatic N) is 5. The highest BCUT2D eigenvalue weighted by Gasteiger charge is 2.28. The summed E-state index contributed by atoms with van der Waals surface area (Å²) in [5.74, 6) is 0.723. The van der Waals surface area contributed by atoms with Gasteiger partial charge in [0.2, 0.25) is 11.7 Å². The molecule has 0 unspecified atom stereocenters. The Hall–Kier alpha value is -2.87. The minimum atomic E-state index is -0.305. The number of carbonyl (C=O) groups is 1. The van der Waals surface area contributed by atoms with Crippen molar-refractivity contribution in [1.82, 2.24) is 24.8 Å². The molecule has 2 aromatic heterocycles. The second kappa shape index (κ2) is 7.40. The normalized spacial score (nSPS) is 17.5. The molecule has 1 aliphatic rings. The van der Waals surface area contributed by atoms with Crippen molar-refractivity contribution in [2.24, 2.45) is 7.05 Å². The third-order valence-corrected chi connectivity index (χ3v) is 4.86. The van der Waals surface area contributed by atoms with Gasteiger partial charge in [-0.15, -0.1) is 0 Å². The van der Waals surface area contributed by atoms with Crippen molar-refractivity contribution >= 4 is 5.78 Å². The lowest BCUT2D eigenvalue weighted by atomic mass is 10.0. The van der Waals surface area contributed by atoms with Crippen molar-refractivity contribution in [2.75, 3.05) is 6.54 Å². The maximum atomic E-state index is 13.0. The molecule has 7 nitrogen and oxygen atoms in total. The molecule has 27 heavy (non-hydrogen) atoms. The van der Waals surface area contributed by atoms with Gasteiger partial charge < -0.3 is 4.52 Å². The van der Waals surface area contributed by atoms with Crippen molar-refractivity contribution in [3.8, 4) is 11.4 Å². The highest BCUT2D eigenvalue weighted by atomic mass is 19.1. The molecule has 0 spiro atoms. The average Bonchev–Trinajstić information content (AvgIpc) is 3.38. The van der Waals surface area contributed by atoms with Crippen LogP contribution in [0.3, 0.4) is 0 Å². The monoisotopic (exact) mass is 369 g/mol. The van der Waals surface area contributed by atoms with E-state index in [1.807, 2.05) is 0 Å². The summed E-state index contributed by atoms with van der Waals surface area (Å²) in [7, 11) is 1.80. The van der Waals surface area contributed by atoms with Gasteiger partial charge in [0.25, 0.3) is 0 Å². The van der Waals surface area contributed by atoms with Gasteiger partial charge in [0.05, 0.1) is 18.3 Å². The fourth-order valence-corrected chi connectivity index (χ4v) is 3.44. The fraction of sp³-hybridized carbons (Fsp3) is 0.368. The molecular weight excluding hydrogens is 349 g/mol. The number of hydrogen-bond donors (Lipinski definition) is 0. The molecule has 8 heteroatoms. The van der Waals surface area contributed by atoms with E-state index < -0.39 is 0 Å². The molecule has 1 aliphatic heterocycles. The Morgan fingerprint density at radius 1 is 1.33 bits per heavy atom. The predicted molar refractivity (Wildman–Crippen MR) is 95.3 cm³/mol. The Balaban J connectivity index is 1.41. The van der Waals surface area contributed by atoms with E-state index in [4.69, 9.17) is 4.52 Å². The lowest BCUT2D eigenvalue weighted by Crippen LogP contribution is -2.31. The number of rotatable bonds is 6. The molecule has 1 aromatic carbocycles. The molecule has 3 heterocycles. The number of ketones is 1. The molecule has 0 N–H and O–H groups in total. The number of aromatic nitrogens is 4. The summed E-state index contributed by atoms with van der Waals surface area (Å²) < 4.78 is 20.0. The molecule has 3 aromatic rings. The zero-order chi connectivity index (χ0) is 18.8. The van der Waals surface area contributed by atoms with Crippen LogP contribution in [0, 0.1) is 5.82 Å². The van der Waals surface area contributed by atoms with Gasteiger partial charge >= 0.3 is 0 Å². The maximum Gasteiger partial charge on any atom is 0.241 e. The summed E-state index contributed by atoms with van der Waals surface area (Å²) >= 11 is 0. The first-order chi connectivity index (χ1) is 13.1. The fourth-order valence-electron chi connectivity index (χ4n) is 3.44. The largest absolute Gasteiger partial charge is 0.338 e. The van der Waals surface area contributed by atoms with Gasteiger partial charge in [-0.05, 0) is 43.7 Å². The maximum absolute atomic E-state index is 13.0. The van der Waals surface area contributed by atoms with E-state index in [1.165, 1.54) is 12.1 Å². The average molecular weight is 369 g/mol. The van der Waals surface area contributed by atoms with E-state index in [-0.39, 0.29) is 17.6 Å². The standard InChI is InChI=1S/C19H20FN5O2/c1-24-11-14(10-21-24)17(26)9-16-3-2-8-25(16)12-18-22-19(23-27-18)13-4-6-15(20)7-5-13/h4-7,10-11,16H,2-3,8-9,12H2,1H3/t16-/m0/s1. The van der Waals surface area contributed by atoms with Gasteiger partial charge in [-0.3, -0.25) is 14.4 Å². The van der Waals surface area contributed by atoms with Crippen molar-refractivity contribution in [3.05, 3.63) is 53.9 Å². The highest BCUT2D eigenvalue weighted by Crippen LogP contribution is 2.24. The van der Waals surface area contributed by atoms with Crippen LogP contribution in [0.2, 0.25) is 0 Å². The van der Waals surface area contributed by atoms with Gasteiger partial charge in [0, 0.05) is 31.3 Å². The summed E-state index contributed by atoms with van der Waals surface area (Å²) in [6, 6.07) is 6.13. The first-order valence-corrected chi connectivity index (χ1v) is 8.93. The quantitative estimate of drug-likeness (QED) is 0.622. The van der Waals surface area contributed by atoms with Gasteiger partial charge in [-0.2, -0.15) is 10.1 Å². The molecule has 0 saturated carbocycles. The number of benzene rings is 1. The predicted octanol–water partition coefficient (Wildman–Crippen LogP) is 2.85. The highest BCUT2D eigenvalue weighted by molar-refractivity contribution is 5.96. The number of likely N-dealkylation sites (tertiary alicyclic amines) is 1. The zero-order valence-corrected chi connectivity index (χ0v) is 15.0. The van der Waals surface area contributed by atoms with Crippen LogP contribution in [0.25, 0.3) is 11.4 Å². The van der Waals surface area contributed by atoms with Crippen LogP contribution in [-0.2, 0) is 13.6 Å². The van der Waals surface area contributed by atoms with Crippen molar-refractivity contribution in [2.45, 2.75) is 31.8 Å². The number of Topliss-reactive ketones (excluding diaryl/α,β-unsaturated/α-hetero) is 1. The van der Waals surface area contributed by atoms with E-state index in [1.54, 1.807) is 36.3 Å². The summed E-state index contributed by atoms with van der Waals surface area (Å²) in [6.45, 7) is 1.39.